The molecule has 0 unspecified atom stereocenters. The molecule has 1 aliphatic heterocycles. The number of hydrogen-bond donors (Lipinski definition) is 1. The summed E-state index contributed by atoms with van der Waals surface area (Å²) in [7, 11) is -3.64. The smallest absolute Gasteiger partial charge is 0.300 e. The summed E-state index contributed by atoms with van der Waals surface area (Å²) in [5.74, 6) is 0. The first-order valence-corrected chi connectivity index (χ1v) is 14.2. The number of nitrogens with one attached hydrogen (secondary N) is 1. The average molecular weight is 508 g/mol. The van der Waals surface area contributed by atoms with Gasteiger partial charge in [0.05, 0.1) is 21.7 Å². The summed E-state index contributed by atoms with van der Waals surface area (Å²) in [5.41, 5.74) is 1.55. The van der Waals surface area contributed by atoms with Gasteiger partial charge in [0.1, 0.15) is 0 Å². The van der Waals surface area contributed by atoms with E-state index >= 15 is 0 Å². The van der Waals surface area contributed by atoms with Crippen LogP contribution in [-0.4, -0.2) is 43.6 Å². The lowest BCUT2D eigenvalue weighted by molar-refractivity contribution is 0.143. The Kier molecular flexibility index (Phi) is 7.91. The Morgan fingerprint density at radius 3 is 2.79 bits per heavy atom. The SMILES string of the molecule is CC[C@@H]1CCCCN1CCCNS(=O)(=O)c1ccc2c(c1)sc(=O)n2Cc1ccccc1Cl. The van der Waals surface area contributed by atoms with Crippen LogP contribution in [0.5, 0.6) is 0 Å². The van der Waals surface area contributed by atoms with Crippen molar-refractivity contribution in [1.29, 1.82) is 0 Å². The van der Waals surface area contributed by atoms with Crippen molar-refractivity contribution in [2.45, 2.75) is 56.5 Å². The molecule has 1 saturated heterocycles. The maximum absolute atomic E-state index is 12.9. The van der Waals surface area contributed by atoms with Gasteiger partial charge in [-0.1, -0.05) is 54.5 Å². The molecule has 2 heterocycles. The molecule has 9 heteroatoms. The first kappa shape index (κ1) is 24.4. The zero-order chi connectivity index (χ0) is 23.4. The summed E-state index contributed by atoms with van der Waals surface area (Å²) in [4.78, 5) is 15.1. The number of hydrogen-bond acceptors (Lipinski definition) is 5. The number of likely N-dealkylation sites (tertiary alicyclic amines) is 1. The Balaban J connectivity index is 1.43. The molecule has 0 radical (unpaired) electrons. The zero-order valence-corrected chi connectivity index (χ0v) is 21.2. The second kappa shape index (κ2) is 10.7. The van der Waals surface area contributed by atoms with E-state index in [9.17, 15) is 13.2 Å². The third kappa shape index (κ3) is 5.69. The summed E-state index contributed by atoms with van der Waals surface area (Å²) in [5, 5.41) is 0.599. The Labute approximate surface area is 204 Å². The zero-order valence-electron chi connectivity index (χ0n) is 18.8. The standard InChI is InChI=1S/C24H30ClN3O3S2/c1-2-19-9-5-6-14-27(19)15-7-13-26-33(30,31)20-11-12-22-23(16-20)32-24(29)28(22)17-18-8-3-4-10-21(18)25/h3-4,8,10-12,16,19,26H,2,5-7,9,13-15,17H2,1H3/t19-/m1/s1. The van der Waals surface area contributed by atoms with Crippen molar-refractivity contribution < 1.29 is 8.42 Å². The molecule has 3 aromatic rings. The lowest BCUT2D eigenvalue weighted by Crippen LogP contribution is -2.40. The minimum absolute atomic E-state index is 0.139. The lowest BCUT2D eigenvalue weighted by atomic mass is 10.00. The van der Waals surface area contributed by atoms with Gasteiger partial charge in [-0.25, -0.2) is 13.1 Å². The number of rotatable bonds is 9. The molecule has 4 rings (SSSR count). The van der Waals surface area contributed by atoms with Crippen LogP contribution >= 0.6 is 22.9 Å². The molecule has 0 saturated carbocycles. The molecule has 1 aromatic heterocycles. The molecule has 0 amide bonds. The molecule has 6 nitrogen and oxygen atoms in total. The van der Waals surface area contributed by atoms with E-state index in [1.165, 1.54) is 19.3 Å². The van der Waals surface area contributed by atoms with Crippen molar-refractivity contribution >= 4 is 43.2 Å². The van der Waals surface area contributed by atoms with E-state index in [1.54, 1.807) is 28.8 Å². The van der Waals surface area contributed by atoms with Crippen LogP contribution in [-0.2, 0) is 16.6 Å². The highest BCUT2D eigenvalue weighted by Crippen LogP contribution is 2.24. The Bertz CT molecular complexity index is 1270. The minimum Gasteiger partial charge on any atom is -0.300 e. The van der Waals surface area contributed by atoms with Crippen LogP contribution < -0.4 is 9.60 Å². The molecule has 0 bridgehead atoms. The molecular formula is C24H30ClN3O3S2. The molecule has 178 valence electrons. The van der Waals surface area contributed by atoms with Crippen LogP contribution in [0.15, 0.2) is 52.2 Å². The summed E-state index contributed by atoms with van der Waals surface area (Å²) in [6.07, 6.45) is 5.67. The molecule has 1 fully saturated rings. The lowest BCUT2D eigenvalue weighted by Gasteiger charge is -2.35. The van der Waals surface area contributed by atoms with Crippen molar-refractivity contribution in [3.8, 4) is 0 Å². The fourth-order valence-electron chi connectivity index (χ4n) is 4.55. The quantitative estimate of drug-likeness (QED) is 0.426. The maximum atomic E-state index is 12.9. The minimum atomic E-state index is -3.64. The van der Waals surface area contributed by atoms with Gasteiger partial charge < -0.3 is 4.90 Å². The fraction of sp³-hybridized carbons (Fsp3) is 0.458. The van der Waals surface area contributed by atoms with E-state index in [4.69, 9.17) is 11.6 Å². The number of nitrogens with zero attached hydrogens (tertiary/aromatic N) is 2. The largest absolute Gasteiger partial charge is 0.308 e. The summed E-state index contributed by atoms with van der Waals surface area (Å²) >= 11 is 7.30. The highest BCUT2D eigenvalue weighted by Gasteiger charge is 2.21. The van der Waals surface area contributed by atoms with Gasteiger partial charge in [-0.05, 0) is 68.6 Å². The van der Waals surface area contributed by atoms with Gasteiger partial charge in [0.25, 0.3) is 0 Å². The number of thiazole rings is 1. The van der Waals surface area contributed by atoms with Crippen LogP contribution in [0.1, 0.15) is 44.6 Å². The van der Waals surface area contributed by atoms with Crippen LogP contribution in [0.2, 0.25) is 5.02 Å². The molecule has 0 aliphatic carbocycles. The second-order valence-electron chi connectivity index (χ2n) is 8.52. The topological polar surface area (TPSA) is 71.4 Å². The highest BCUT2D eigenvalue weighted by atomic mass is 35.5. The van der Waals surface area contributed by atoms with Gasteiger partial charge in [-0.2, -0.15) is 0 Å². The van der Waals surface area contributed by atoms with Gasteiger partial charge in [0.2, 0.25) is 10.0 Å². The Hall–Kier alpha value is -1.71. The van der Waals surface area contributed by atoms with Crippen molar-refractivity contribution in [2.24, 2.45) is 0 Å². The Morgan fingerprint density at radius 2 is 2.00 bits per heavy atom. The fourth-order valence-corrected chi connectivity index (χ4v) is 6.85. The number of halogens is 1. The highest BCUT2D eigenvalue weighted by molar-refractivity contribution is 7.89. The molecule has 0 spiro atoms. The van der Waals surface area contributed by atoms with Gasteiger partial charge in [0, 0.05) is 17.6 Å². The van der Waals surface area contributed by atoms with Crippen molar-refractivity contribution in [3.05, 3.63) is 62.7 Å². The number of sulfonamides is 1. The molecule has 1 aliphatic rings. The molecule has 1 N–H and O–H groups in total. The van der Waals surface area contributed by atoms with E-state index in [-0.39, 0.29) is 9.77 Å². The summed E-state index contributed by atoms with van der Waals surface area (Å²) in [6.45, 7) is 4.98. The van der Waals surface area contributed by atoms with E-state index < -0.39 is 10.0 Å². The van der Waals surface area contributed by atoms with Crippen LogP contribution in [0.25, 0.3) is 10.2 Å². The summed E-state index contributed by atoms with van der Waals surface area (Å²) < 4.78 is 30.7. The van der Waals surface area contributed by atoms with Crippen LogP contribution in [0.4, 0.5) is 0 Å². The van der Waals surface area contributed by atoms with E-state index in [0.717, 1.165) is 42.8 Å². The van der Waals surface area contributed by atoms with Crippen LogP contribution in [0.3, 0.4) is 0 Å². The van der Waals surface area contributed by atoms with Crippen LogP contribution in [0, 0.1) is 0 Å². The number of piperidine rings is 1. The number of fused-ring (bicyclic) bond motifs is 1. The van der Waals surface area contributed by atoms with Gasteiger partial charge in [-0.15, -0.1) is 0 Å². The second-order valence-corrected chi connectivity index (χ2v) is 11.7. The number of benzene rings is 2. The van der Waals surface area contributed by atoms with E-state index in [0.29, 0.717) is 34.4 Å². The average Bonchev–Trinajstić information content (AvgIpc) is 3.12. The third-order valence-electron chi connectivity index (χ3n) is 6.37. The van der Waals surface area contributed by atoms with Crippen molar-refractivity contribution in [1.82, 2.24) is 14.2 Å². The monoisotopic (exact) mass is 507 g/mol. The van der Waals surface area contributed by atoms with E-state index in [1.807, 2.05) is 18.2 Å². The molecular weight excluding hydrogens is 478 g/mol. The van der Waals surface area contributed by atoms with Crippen molar-refractivity contribution in [3.63, 3.8) is 0 Å². The van der Waals surface area contributed by atoms with Gasteiger partial charge >= 0.3 is 4.87 Å². The first-order chi connectivity index (χ1) is 15.9. The summed E-state index contributed by atoms with van der Waals surface area (Å²) in [6, 6.07) is 12.9. The maximum Gasteiger partial charge on any atom is 0.308 e. The van der Waals surface area contributed by atoms with Gasteiger partial charge in [0.15, 0.2) is 0 Å². The first-order valence-electron chi connectivity index (χ1n) is 11.5. The Morgan fingerprint density at radius 1 is 1.18 bits per heavy atom. The molecule has 33 heavy (non-hydrogen) atoms. The van der Waals surface area contributed by atoms with Gasteiger partial charge in [-0.3, -0.25) is 9.36 Å². The molecule has 1 atom stereocenters. The molecule has 2 aromatic carbocycles. The number of aromatic nitrogens is 1. The predicted molar refractivity (Wildman–Crippen MR) is 136 cm³/mol. The normalized spacial score (nSPS) is 17.6. The van der Waals surface area contributed by atoms with E-state index in [2.05, 4.69) is 16.5 Å². The predicted octanol–water partition coefficient (Wildman–Crippen LogP) is 4.70. The van der Waals surface area contributed by atoms with Crippen molar-refractivity contribution in [2.75, 3.05) is 19.6 Å². The third-order valence-corrected chi connectivity index (χ3v) is 9.14.